The quantitative estimate of drug-likeness (QED) is 0.659. The maximum atomic E-state index is 12.6. The zero-order valence-corrected chi connectivity index (χ0v) is 19.4. The molecule has 178 valence electrons. The summed E-state index contributed by atoms with van der Waals surface area (Å²) in [6, 6.07) is 3.59. The predicted molar refractivity (Wildman–Crippen MR) is 128 cm³/mol. The maximum Gasteiger partial charge on any atom is 0.268 e. The van der Waals surface area contributed by atoms with Gasteiger partial charge in [-0.25, -0.2) is 4.98 Å². The van der Waals surface area contributed by atoms with E-state index in [-0.39, 0.29) is 11.4 Å². The highest BCUT2D eigenvalue weighted by Crippen LogP contribution is 2.40. The summed E-state index contributed by atoms with van der Waals surface area (Å²) >= 11 is 0. The number of nitrogens with zero attached hydrogens (tertiary/aromatic N) is 3. The molecule has 2 aromatic heterocycles. The van der Waals surface area contributed by atoms with Crippen LogP contribution < -0.4 is 16.0 Å². The molecule has 6 rings (SSSR count). The van der Waals surface area contributed by atoms with Gasteiger partial charge < -0.3 is 25.3 Å². The van der Waals surface area contributed by atoms with Gasteiger partial charge in [0.2, 0.25) is 5.95 Å². The van der Waals surface area contributed by atoms with Crippen LogP contribution in [0.5, 0.6) is 0 Å². The number of amides is 1. The third-order valence-corrected chi connectivity index (χ3v) is 8.36. The van der Waals surface area contributed by atoms with Gasteiger partial charge in [-0.3, -0.25) is 4.79 Å². The summed E-state index contributed by atoms with van der Waals surface area (Å²) in [7, 11) is 0. The number of ether oxygens (including phenoxy) is 1. The molecule has 2 aliphatic carbocycles. The molecule has 1 saturated heterocycles. The SMILES string of the molecule is O=C1NCC2(CCCCC2)n2c1cc1cnc(N[C@H]3CC[C@H](NC4CCOCC4)CC3)nc12. The van der Waals surface area contributed by atoms with Crippen molar-refractivity contribution >= 4 is 22.9 Å². The Kier molecular flexibility index (Phi) is 5.74. The lowest BCUT2D eigenvalue weighted by atomic mass is 9.80. The molecule has 8 nitrogen and oxygen atoms in total. The molecule has 2 aromatic rings. The smallest absolute Gasteiger partial charge is 0.268 e. The Balaban J connectivity index is 1.17. The van der Waals surface area contributed by atoms with Crippen LogP contribution in [0.2, 0.25) is 0 Å². The molecule has 2 aliphatic heterocycles. The molecule has 33 heavy (non-hydrogen) atoms. The van der Waals surface area contributed by atoms with E-state index in [0.29, 0.717) is 30.6 Å². The molecule has 1 spiro atoms. The minimum atomic E-state index is -0.0389. The second kappa shape index (κ2) is 8.87. The third kappa shape index (κ3) is 4.12. The van der Waals surface area contributed by atoms with Crippen molar-refractivity contribution in [2.45, 2.75) is 94.3 Å². The Morgan fingerprint density at radius 2 is 1.73 bits per heavy atom. The zero-order chi connectivity index (χ0) is 22.3. The minimum Gasteiger partial charge on any atom is -0.381 e. The normalized spacial score (nSPS) is 27.9. The van der Waals surface area contributed by atoms with Crippen LogP contribution in [0.15, 0.2) is 12.3 Å². The third-order valence-electron chi connectivity index (χ3n) is 8.36. The van der Waals surface area contributed by atoms with Crippen molar-refractivity contribution in [1.82, 2.24) is 25.2 Å². The van der Waals surface area contributed by atoms with Crippen LogP contribution in [0.4, 0.5) is 5.95 Å². The number of nitrogens with one attached hydrogen (secondary N) is 3. The van der Waals surface area contributed by atoms with Crippen molar-refractivity contribution in [2.75, 3.05) is 25.1 Å². The Labute approximate surface area is 195 Å². The van der Waals surface area contributed by atoms with Crippen LogP contribution in [0.1, 0.15) is 81.1 Å². The Morgan fingerprint density at radius 1 is 1.00 bits per heavy atom. The van der Waals surface area contributed by atoms with E-state index < -0.39 is 0 Å². The first kappa shape index (κ1) is 21.4. The van der Waals surface area contributed by atoms with Crippen molar-refractivity contribution < 1.29 is 9.53 Å². The Bertz CT molecular complexity index is 1000. The molecule has 4 aliphatic rings. The van der Waals surface area contributed by atoms with E-state index in [4.69, 9.17) is 9.72 Å². The van der Waals surface area contributed by atoms with Gasteiger partial charge in [0, 0.05) is 49.5 Å². The van der Waals surface area contributed by atoms with E-state index in [1.54, 1.807) is 0 Å². The van der Waals surface area contributed by atoms with Crippen molar-refractivity contribution in [3.05, 3.63) is 18.0 Å². The molecule has 2 saturated carbocycles. The lowest BCUT2D eigenvalue weighted by Gasteiger charge is -2.42. The molecule has 0 radical (unpaired) electrons. The van der Waals surface area contributed by atoms with Crippen LogP contribution in [0.3, 0.4) is 0 Å². The highest BCUT2D eigenvalue weighted by Gasteiger charge is 2.41. The summed E-state index contributed by atoms with van der Waals surface area (Å²) in [5, 5.41) is 11.6. The van der Waals surface area contributed by atoms with Gasteiger partial charge in [0.05, 0.1) is 5.54 Å². The molecule has 0 bridgehead atoms. The second-order valence-electron chi connectivity index (χ2n) is 10.6. The molecule has 4 heterocycles. The fourth-order valence-electron chi connectivity index (χ4n) is 6.52. The summed E-state index contributed by atoms with van der Waals surface area (Å²) in [6.45, 7) is 2.49. The number of hydrogen-bond acceptors (Lipinski definition) is 6. The van der Waals surface area contributed by atoms with E-state index in [2.05, 4.69) is 25.5 Å². The molecular weight excluding hydrogens is 416 g/mol. The number of rotatable bonds is 4. The van der Waals surface area contributed by atoms with E-state index in [9.17, 15) is 4.79 Å². The molecule has 0 atom stereocenters. The van der Waals surface area contributed by atoms with E-state index in [1.165, 1.54) is 32.1 Å². The van der Waals surface area contributed by atoms with E-state index in [0.717, 1.165) is 68.5 Å². The van der Waals surface area contributed by atoms with Crippen LogP contribution in [0, 0.1) is 0 Å². The number of fused-ring (bicyclic) bond motifs is 4. The Hall–Kier alpha value is -2.19. The summed E-state index contributed by atoms with van der Waals surface area (Å²) < 4.78 is 7.74. The fraction of sp³-hybridized carbons (Fsp3) is 0.720. The molecule has 8 heteroatoms. The average molecular weight is 453 g/mol. The molecule has 0 unspecified atom stereocenters. The summed E-state index contributed by atoms with van der Waals surface area (Å²) in [5.74, 6) is 0.704. The van der Waals surface area contributed by atoms with Crippen LogP contribution in [-0.4, -0.2) is 58.3 Å². The lowest BCUT2D eigenvalue weighted by molar-refractivity contribution is 0.0730. The highest BCUT2D eigenvalue weighted by atomic mass is 16.5. The summed E-state index contributed by atoms with van der Waals surface area (Å²) in [6.07, 6.45) is 14.6. The molecule has 3 fully saturated rings. The van der Waals surface area contributed by atoms with Gasteiger partial charge in [0.15, 0.2) is 0 Å². The van der Waals surface area contributed by atoms with Crippen molar-refractivity contribution in [3.63, 3.8) is 0 Å². The molecule has 1 amide bonds. The first-order valence-corrected chi connectivity index (χ1v) is 13.0. The number of anilines is 1. The van der Waals surface area contributed by atoms with Gasteiger partial charge in [0.1, 0.15) is 11.3 Å². The number of carbonyl (C=O) groups is 1. The largest absolute Gasteiger partial charge is 0.381 e. The predicted octanol–water partition coefficient (Wildman–Crippen LogP) is 3.33. The molecule has 3 N–H and O–H groups in total. The van der Waals surface area contributed by atoms with Crippen molar-refractivity contribution in [1.29, 1.82) is 0 Å². The zero-order valence-electron chi connectivity index (χ0n) is 19.4. The van der Waals surface area contributed by atoms with Gasteiger partial charge in [0.25, 0.3) is 5.91 Å². The van der Waals surface area contributed by atoms with Crippen LogP contribution in [-0.2, 0) is 10.3 Å². The number of carbonyl (C=O) groups excluding carboxylic acids is 1. The minimum absolute atomic E-state index is 0.00839. The average Bonchev–Trinajstić information content (AvgIpc) is 3.25. The van der Waals surface area contributed by atoms with Gasteiger partial charge in [-0.2, -0.15) is 4.98 Å². The highest BCUT2D eigenvalue weighted by molar-refractivity contribution is 5.99. The van der Waals surface area contributed by atoms with Gasteiger partial charge in [-0.15, -0.1) is 0 Å². The van der Waals surface area contributed by atoms with E-state index in [1.807, 2.05) is 12.3 Å². The first-order valence-electron chi connectivity index (χ1n) is 13.0. The van der Waals surface area contributed by atoms with Crippen molar-refractivity contribution in [3.8, 4) is 0 Å². The maximum absolute atomic E-state index is 12.6. The van der Waals surface area contributed by atoms with Crippen LogP contribution in [0.25, 0.3) is 11.0 Å². The monoisotopic (exact) mass is 452 g/mol. The van der Waals surface area contributed by atoms with E-state index >= 15 is 0 Å². The van der Waals surface area contributed by atoms with Gasteiger partial charge in [-0.05, 0) is 57.4 Å². The topological polar surface area (TPSA) is 93.1 Å². The summed E-state index contributed by atoms with van der Waals surface area (Å²) in [5.41, 5.74) is 1.61. The first-order chi connectivity index (χ1) is 16.2. The van der Waals surface area contributed by atoms with Crippen molar-refractivity contribution in [2.24, 2.45) is 0 Å². The number of hydrogen-bond donors (Lipinski definition) is 3. The Morgan fingerprint density at radius 3 is 2.52 bits per heavy atom. The molecule has 0 aromatic carbocycles. The lowest BCUT2D eigenvalue weighted by Crippen LogP contribution is -2.52. The standard InChI is InChI=1S/C25H36N6O2/c32-23-21-14-17-15-26-24(30-22(17)31(21)25(16-27-23)10-2-1-3-11-25)29-19-6-4-18(5-7-19)28-20-8-12-33-13-9-20/h14-15,18-20,28H,1-13,16H2,(H,27,32)(H,26,29,30)/t18-,19-. The summed E-state index contributed by atoms with van der Waals surface area (Å²) in [4.78, 5) is 22.2. The van der Waals surface area contributed by atoms with Gasteiger partial charge >= 0.3 is 0 Å². The fourth-order valence-corrected chi connectivity index (χ4v) is 6.52. The number of aromatic nitrogens is 3. The molecular formula is C25H36N6O2. The second-order valence-corrected chi connectivity index (χ2v) is 10.6. The van der Waals surface area contributed by atoms with Gasteiger partial charge in [-0.1, -0.05) is 19.3 Å². The van der Waals surface area contributed by atoms with Crippen LogP contribution >= 0.6 is 0 Å².